The lowest BCUT2D eigenvalue weighted by Gasteiger charge is -2.19. The summed E-state index contributed by atoms with van der Waals surface area (Å²) >= 11 is 6.41. The molecule has 3 N–H and O–H groups in total. The minimum absolute atomic E-state index is 0.0611. The van der Waals surface area contributed by atoms with E-state index < -0.39 is 17.6 Å². The van der Waals surface area contributed by atoms with Crippen LogP contribution in [-0.4, -0.2) is 34.2 Å². The van der Waals surface area contributed by atoms with Crippen LogP contribution in [0.25, 0.3) is 5.70 Å². The van der Waals surface area contributed by atoms with Crippen molar-refractivity contribution in [2.45, 2.75) is 26.6 Å². The van der Waals surface area contributed by atoms with Crippen LogP contribution in [-0.2, 0) is 19.8 Å². The van der Waals surface area contributed by atoms with Gasteiger partial charge < -0.3 is 15.6 Å². The number of carbonyl (C=O) groups excluding carboxylic acids is 1. The van der Waals surface area contributed by atoms with Gasteiger partial charge in [-0.3, -0.25) is 14.5 Å². The predicted octanol–water partition coefficient (Wildman–Crippen LogP) is 4.93. The molecule has 2 aromatic carbocycles. The molecular weight excluding hydrogens is 507 g/mol. The Hall–Kier alpha value is -3.54. The summed E-state index contributed by atoms with van der Waals surface area (Å²) in [5.41, 5.74) is 9.01. The van der Waals surface area contributed by atoms with Crippen molar-refractivity contribution in [2.75, 3.05) is 23.9 Å². The van der Waals surface area contributed by atoms with E-state index in [2.05, 4.69) is 21.4 Å². The van der Waals surface area contributed by atoms with Crippen molar-refractivity contribution in [1.29, 1.82) is 0 Å². The summed E-state index contributed by atoms with van der Waals surface area (Å²) < 4.78 is 42.3. The largest absolute Gasteiger partial charge is 0.416 e. The Balaban J connectivity index is 1.59. The molecule has 196 valence electrons. The second-order valence-corrected chi connectivity index (χ2v) is 9.19. The third-order valence-electron chi connectivity index (χ3n) is 6.13. The Labute approximate surface area is 217 Å². The fourth-order valence-electron chi connectivity index (χ4n) is 3.83. The third-order valence-corrected chi connectivity index (χ3v) is 6.45. The van der Waals surface area contributed by atoms with Crippen molar-refractivity contribution in [2.24, 2.45) is 7.05 Å². The molecule has 0 bridgehead atoms. The topological polar surface area (TPSA) is 77.5 Å². The van der Waals surface area contributed by atoms with Gasteiger partial charge in [0.1, 0.15) is 0 Å². The number of nitrogens with one attached hydrogen (secondary N) is 3. The number of nitrogens with zero attached hydrogens (tertiary/aromatic N) is 4. The number of carbonyl (C=O) groups is 1. The average molecular weight is 534 g/mol. The van der Waals surface area contributed by atoms with Crippen LogP contribution in [0.2, 0.25) is 5.02 Å². The molecule has 1 aliphatic heterocycles. The number of amides is 1. The van der Waals surface area contributed by atoms with Gasteiger partial charge in [-0.1, -0.05) is 18.5 Å². The molecule has 2 heterocycles. The molecule has 0 fully saturated rings. The fourth-order valence-corrected chi connectivity index (χ4v) is 4.04. The monoisotopic (exact) mass is 533 g/mol. The lowest BCUT2D eigenvalue weighted by Crippen LogP contribution is -2.36. The maximum absolute atomic E-state index is 13.5. The fraction of sp³-hybridized carbons (Fsp3) is 0.280. The number of hydrazine groups is 2. The summed E-state index contributed by atoms with van der Waals surface area (Å²) in [6.45, 7) is 4.83. The molecule has 1 aliphatic rings. The first-order valence-corrected chi connectivity index (χ1v) is 11.9. The number of anilines is 2. The number of rotatable bonds is 7. The van der Waals surface area contributed by atoms with Gasteiger partial charge in [-0.25, -0.2) is 0 Å². The minimum Gasteiger partial charge on any atom is -0.322 e. The second-order valence-electron chi connectivity index (χ2n) is 8.78. The Morgan fingerprint density at radius 2 is 1.97 bits per heavy atom. The van der Waals surface area contributed by atoms with Crippen LogP contribution in [0.4, 0.5) is 24.5 Å². The number of aromatic nitrogens is 2. The molecule has 0 spiro atoms. The van der Waals surface area contributed by atoms with Crippen molar-refractivity contribution >= 4 is 34.6 Å². The van der Waals surface area contributed by atoms with E-state index in [1.165, 1.54) is 6.07 Å². The molecule has 37 heavy (non-hydrogen) atoms. The first-order chi connectivity index (χ1) is 17.5. The summed E-state index contributed by atoms with van der Waals surface area (Å²) in [6.07, 6.45) is -1.04. The molecule has 0 saturated carbocycles. The van der Waals surface area contributed by atoms with Crippen LogP contribution in [0, 0.1) is 6.92 Å². The van der Waals surface area contributed by atoms with E-state index in [0.717, 1.165) is 29.1 Å². The van der Waals surface area contributed by atoms with Crippen LogP contribution in [0.15, 0.2) is 48.8 Å². The molecule has 0 aliphatic carbocycles. The summed E-state index contributed by atoms with van der Waals surface area (Å²) in [7, 11) is 3.65. The first kappa shape index (κ1) is 26.5. The van der Waals surface area contributed by atoms with E-state index in [4.69, 9.17) is 11.6 Å². The quantitative estimate of drug-likeness (QED) is 0.400. The molecule has 0 radical (unpaired) electrons. The standard InChI is InChI=1S/C25H27ClF3N7O/c1-5-34(3)13-16-8-18(25(27,28)29)11-19(9-16)31-24(37)17-6-7-21(26)23(10-17)36-14-22(32-33-36)20-12-30-35(4)15(20)2/h6-12,14,32-33H,5,13H2,1-4H3,(H,31,37). The van der Waals surface area contributed by atoms with Gasteiger partial charge in [0.15, 0.2) is 0 Å². The zero-order valence-corrected chi connectivity index (χ0v) is 21.5. The maximum atomic E-state index is 13.5. The average Bonchev–Trinajstić information content (AvgIpc) is 3.45. The minimum atomic E-state index is -4.54. The Kier molecular flexibility index (Phi) is 7.49. The lowest BCUT2D eigenvalue weighted by atomic mass is 10.1. The molecule has 3 aromatic rings. The second kappa shape index (κ2) is 10.4. The molecule has 0 saturated heterocycles. The molecule has 1 amide bonds. The van der Waals surface area contributed by atoms with Gasteiger partial charge in [-0.2, -0.15) is 18.3 Å². The van der Waals surface area contributed by atoms with Gasteiger partial charge in [0, 0.05) is 42.3 Å². The predicted molar refractivity (Wildman–Crippen MR) is 138 cm³/mol. The van der Waals surface area contributed by atoms with Crippen molar-refractivity contribution in [3.63, 3.8) is 0 Å². The maximum Gasteiger partial charge on any atom is 0.416 e. The Morgan fingerprint density at radius 3 is 2.62 bits per heavy atom. The SMILES string of the molecule is CCN(C)Cc1cc(NC(=O)c2ccc(Cl)c(N3C=C(c4cnn(C)c4C)NN3)c2)cc(C(F)(F)F)c1. The van der Waals surface area contributed by atoms with Gasteiger partial charge in [-0.05, 0) is 62.5 Å². The molecule has 0 unspecified atom stereocenters. The van der Waals surface area contributed by atoms with Gasteiger partial charge in [0.25, 0.3) is 5.91 Å². The van der Waals surface area contributed by atoms with Crippen LogP contribution in [0.3, 0.4) is 0 Å². The van der Waals surface area contributed by atoms with E-state index in [0.29, 0.717) is 29.4 Å². The Morgan fingerprint density at radius 1 is 1.22 bits per heavy atom. The van der Waals surface area contributed by atoms with Gasteiger partial charge >= 0.3 is 6.18 Å². The zero-order valence-electron chi connectivity index (χ0n) is 20.7. The number of alkyl halides is 3. The molecule has 4 rings (SSSR count). The number of benzene rings is 2. The van der Waals surface area contributed by atoms with Crippen LogP contribution in [0.5, 0.6) is 0 Å². The molecule has 12 heteroatoms. The number of halogens is 4. The lowest BCUT2D eigenvalue weighted by molar-refractivity contribution is -0.137. The van der Waals surface area contributed by atoms with E-state index in [-0.39, 0.29) is 11.3 Å². The van der Waals surface area contributed by atoms with E-state index in [1.54, 1.807) is 40.3 Å². The summed E-state index contributed by atoms with van der Waals surface area (Å²) in [6, 6.07) is 8.21. The summed E-state index contributed by atoms with van der Waals surface area (Å²) in [4.78, 5) is 14.9. The third kappa shape index (κ3) is 5.90. The molecule has 0 atom stereocenters. The van der Waals surface area contributed by atoms with E-state index >= 15 is 0 Å². The smallest absolute Gasteiger partial charge is 0.322 e. The van der Waals surface area contributed by atoms with Crippen LogP contribution in [0.1, 0.15) is 39.7 Å². The zero-order chi connectivity index (χ0) is 26.9. The number of aryl methyl sites for hydroxylation is 1. The van der Waals surface area contributed by atoms with Gasteiger partial charge in [-0.15, -0.1) is 5.53 Å². The van der Waals surface area contributed by atoms with E-state index in [9.17, 15) is 18.0 Å². The highest BCUT2D eigenvalue weighted by Crippen LogP contribution is 2.33. The number of hydrogen-bond acceptors (Lipinski definition) is 6. The number of hydrogen-bond donors (Lipinski definition) is 3. The van der Waals surface area contributed by atoms with Crippen molar-refractivity contribution in [3.05, 3.63) is 81.8 Å². The van der Waals surface area contributed by atoms with Gasteiger partial charge in [0.2, 0.25) is 0 Å². The molecule has 1 aromatic heterocycles. The van der Waals surface area contributed by atoms with Crippen LogP contribution >= 0.6 is 11.6 Å². The highest BCUT2D eigenvalue weighted by molar-refractivity contribution is 6.33. The van der Waals surface area contributed by atoms with Crippen LogP contribution < -0.4 is 21.3 Å². The van der Waals surface area contributed by atoms with Gasteiger partial charge in [0.05, 0.1) is 28.2 Å². The molecular formula is C25H27ClF3N7O. The van der Waals surface area contributed by atoms with E-state index in [1.807, 2.05) is 32.8 Å². The molecule has 8 nitrogen and oxygen atoms in total. The highest BCUT2D eigenvalue weighted by Gasteiger charge is 2.31. The summed E-state index contributed by atoms with van der Waals surface area (Å²) in [5, 5.41) is 8.83. The van der Waals surface area contributed by atoms with Crippen molar-refractivity contribution in [1.82, 2.24) is 25.6 Å². The highest BCUT2D eigenvalue weighted by atomic mass is 35.5. The normalized spacial score (nSPS) is 13.6. The van der Waals surface area contributed by atoms with Crippen molar-refractivity contribution < 1.29 is 18.0 Å². The first-order valence-electron chi connectivity index (χ1n) is 11.5. The summed E-state index contributed by atoms with van der Waals surface area (Å²) in [5.74, 6) is -0.563. The van der Waals surface area contributed by atoms with Crippen molar-refractivity contribution in [3.8, 4) is 0 Å². The Bertz CT molecular complexity index is 1350.